The van der Waals surface area contributed by atoms with E-state index < -0.39 is 0 Å². The van der Waals surface area contributed by atoms with Crippen LogP contribution < -0.4 is 4.90 Å². The molecule has 0 bridgehead atoms. The van der Waals surface area contributed by atoms with E-state index in [0.717, 1.165) is 29.8 Å². The van der Waals surface area contributed by atoms with Gasteiger partial charge in [-0.1, -0.05) is 6.07 Å². The first-order chi connectivity index (χ1) is 11.7. The lowest BCUT2D eigenvalue weighted by Crippen LogP contribution is -2.49. The van der Waals surface area contributed by atoms with Crippen molar-refractivity contribution in [1.29, 1.82) is 0 Å². The number of benzene rings is 1. The van der Waals surface area contributed by atoms with Crippen LogP contribution in [0.1, 0.15) is 15.9 Å². The minimum atomic E-state index is 0.0684. The topological polar surface area (TPSA) is 65.1 Å². The zero-order chi connectivity index (χ0) is 16.5. The van der Waals surface area contributed by atoms with Gasteiger partial charge in [0.25, 0.3) is 5.91 Å². The number of carbonyl (C=O) groups excluding carboxylic acids is 1. The zero-order valence-electron chi connectivity index (χ0n) is 13.6. The van der Waals surface area contributed by atoms with Crippen molar-refractivity contribution in [3.05, 3.63) is 53.9 Å². The first-order valence-electron chi connectivity index (χ1n) is 8.11. The van der Waals surface area contributed by atoms with E-state index in [1.165, 1.54) is 5.56 Å². The molecule has 0 spiro atoms. The highest BCUT2D eigenvalue weighted by Crippen LogP contribution is 2.20. The smallest absolute Gasteiger partial charge is 0.254 e. The van der Waals surface area contributed by atoms with Crippen molar-refractivity contribution in [3.63, 3.8) is 0 Å². The third kappa shape index (κ3) is 2.60. The van der Waals surface area contributed by atoms with Gasteiger partial charge in [-0.3, -0.25) is 9.89 Å². The molecule has 0 atom stereocenters. The van der Waals surface area contributed by atoms with E-state index in [1.807, 2.05) is 35.4 Å². The number of anilines is 1. The molecule has 0 unspecified atom stereocenters. The third-order valence-electron chi connectivity index (χ3n) is 4.51. The number of fused-ring (bicyclic) bond motifs is 1. The molecular formula is C18H19N5O. The normalized spacial score (nSPS) is 15.0. The van der Waals surface area contributed by atoms with Crippen LogP contribution in [0.5, 0.6) is 0 Å². The van der Waals surface area contributed by atoms with Crippen LogP contribution in [0.25, 0.3) is 10.9 Å². The molecule has 1 aromatic carbocycles. The molecule has 1 amide bonds. The van der Waals surface area contributed by atoms with Gasteiger partial charge in [-0.05, 0) is 36.8 Å². The fourth-order valence-corrected chi connectivity index (χ4v) is 3.16. The number of piperazine rings is 1. The molecule has 3 heterocycles. The van der Waals surface area contributed by atoms with E-state index in [-0.39, 0.29) is 5.91 Å². The number of amides is 1. The van der Waals surface area contributed by atoms with Crippen molar-refractivity contribution < 1.29 is 4.79 Å². The fourth-order valence-electron chi connectivity index (χ4n) is 3.16. The zero-order valence-corrected chi connectivity index (χ0v) is 13.6. The summed E-state index contributed by atoms with van der Waals surface area (Å²) in [6.45, 7) is 5.05. The van der Waals surface area contributed by atoms with Gasteiger partial charge < -0.3 is 9.80 Å². The molecule has 1 saturated heterocycles. The standard InChI is InChI=1S/C18H19N5O/c1-13-5-6-19-17(11-13)22-7-9-23(10-8-22)18(24)14-3-2-4-16-15(14)12-20-21-16/h2-6,11-12H,7-10H2,1H3,(H,20,21). The molecule has 122 valence electrons. The molecule has 24 heavy (non-hydrogen) atoms. The quantitative estimate of drug-likeness (QED) is 0.786. The van der Waals surface area contributed by atoms with Crippen LogP contribution in [-0.4, -0.2) is 52.2 Å². The van der Waals surface area contributed by atoms with E-state index >= 15 is 0 Å². The minimum Gasteiger partial charge on any atom is -0.353 e. The van der Waals surface area contributed by atoms with E-state index in [2.05, 4.69) is 33.1 Å². The van der Waals surface area contributed by atoms with Crippen LogP contribution in [0.4, 0.5) is 5.82 Å². The van der Waals surface area contributed by atoms with Crippen molar-refractivity contribution in [1.82, 2.24) is 20.1 Å². The number of H-pyrrole nitrogens is 1. The molecular weight excluding hydrogens is 302 g/mol. The Kier molecular flexibility index (Phi) is 3.65. The predicted molar refractivity (Wildman–Crippen MR) is 93.2 cm³/mol. The second-order valence-electron chi connectivity index (χ2n) is 6.11. The molecule has 4 rings (SSSR count). The second-order valence-corrected chi connectivity index (χ2v) is 6.11. The molecule has 3 aromatic rings. The van der Waals surface area contributed by atoms with Crippen LogP contribution in [0.15, 0.2) is 42.7 Å². The van der Waals surface area contributed by atoms with Crippen LogP contribution in [0, 0.1) is 6.92 Å². The van der Waals surface area contributed by atoms with Crippen molar-refractivity contribution in [3.8, 4) is 0 Å². The van der Waals surface area contributed by atoms with Crippen molar-refractivity contribution in [2.24, 2.45) is 0 Å². The lowest BCUT2D eigenvalue weighted by molar-refractivity contribution is 0.0748. The summed E-state index contributed by atoms with van der Waals surface area (Å²) in [6.07, 6.45) is 3.55. The second kappa shape index (κ2) is 5.96. The van der Waals surface area contributed by atoms with Gasteiger partial charge in [-0.25, -0.2) is 4.98 Å². The maximum Gasteiger partial charge on any atom is 0.254 e. The maximum absolute atomic E-state index is 12.9. The van der Waals surface area contributed by atoms with E-state index in [9.17, 15) is 4.79 Å². The van der Waals surface area contributed by atoms with Gasteiger partial charge in [-0.2, -0.15) is 5.10 Å². The molecule has 1 N–H and O–H groups in total. The summed E-state index contributed by atoms with van der Waals surface area (Å²) in [5.74, 6) is 1.05. The van der Waals surface area contributed by atoms with Gasteiger partial charge >= 0.3 is 0 Å². The Morgan fingerprint density at radius 1 is 1.17 bits per heavy atom. The number of nitrogens with zero attached hydrogens (tertiary/aromatic N) is 4. The SMILES string of the molecule is Cc1ccnc(N2CCN(C(=O)c3cccc4[nH]ncc34)CC2)c1. The summed E-state index contributed by atoms with van der Waals surface area (Å²) >= 11 is 0. The largest absolute Gasteiger partial charge is 0.353 e. The average molecular weight is 321 g/mol. The number of aryl methyl sites for hydroxylation is 1. The van der Waals surface area contributed by atoms with Gasteiger partial charge in [0.2, 0.25) is 0 Å². The highest BCUT2D eigenvalue weighted by atomic mass is 16.2. The molecule has 0 saturated carbocycles. The number of hydrogen-bond acceptors (Lipinski definition) is 4. The minimum absolute atomic E-state index is 0.0684. The first-order valence-corrected chi connectivity index (χ1v) is 8.11. The highest BCUT2D eigenvalue weighted by molar-refractivity contribution is 6.06. The monoisotopic (exact) mass is 321 g/mol. The molecule has 2 aromatic heterocycles. The Morgan fingerprint density at radius 3 is 2.79 bits per heavy atom. The Labute approximate surface area is 140 Å². The number of aromatic nitrogens is 3. The fraction of sp³-hybridized carbons (Fsp3) is 0.278. The molecule has 6 nitrogen and oxygen atoms in total. The Hall–Kier alpha value is -2.89. The first kappa shape index (κ1) is 14.7. The van der Waals surface area contributed by atoms with E-state index in [4.69, 9.17) is 0 Å². The maximum atomic E-state index is 12.9. The number of carbonyl (C=O) groups is 1. The van der Waals surface area contributed by atoms with Crippen molar-refractivity contribution in [2.75, 3.05) is 31.1 Å². The van der Waals surface area contributed by atoms with Crippen molar-refractivity contribution >= 4 is 22.6 Å². The molecule has 1 aliphatic rings. The molecule has 0 radical (unpaired) electrons. The summed E-state index contributed by atoms with van der Waals surface area (Å²) in [5, 5.41) is 7.83. The summed E-state index contributed by atoms with van der Waals surface area (Å²) in [5.41, 5.74) is 2.80. The number of rotatable bonds is 2. The van der Waals surface area contributed by atoms with Crippen LogP contribution in [0.2, 0.25) is 0 Å². The Morgan fingerprint density at radius 2 is 2.00 bits per heavy atom. The highest BCUT2D eigenvalue weighted by Gasteiger charge is 2.24. The molecule has 1 aliphatic heterocycles. The lowest BCUT2D eigenvalue weighted by atomic mass is 10.1. The molecule has 0 aliphatic carbocycles. The summed E-state index contributed by atoms with van der Waals surface area (Å²) < 4.78 is 0. The Balaban J connectivity index is 1.49. The third-order valence-corrected chi connectivity index (χ3v) is 4.51. The van der Waals surface area contributed by atoms with Gasteiger partial charge in [0.15, 0.2) is 0 Å². The summed E-state index contributed by atoms with van der Waals surface area (Å²) in [4.78, 5) is 21.4. The van der Waals surface area contributed by atoms with Gasteiger partial charge in [0.1, 0.15) is 5.82 Å². The van der Waals surface area contributed by atoms with E-state index in [1.54, 1.807) is 6.20 Å². The summed E-state index contributed by atoms with van der Waals surface area (Å²) in [7, 11) is 0. The van der Waals surface area contributed by atoms with Crippen molar-refractivity contribution in [2.45, 2.75) is 6.92 Å². The van der Waals surface area contributed by atoms with E-state index in [0.29, 0.717) is 18.7 Å². The molecule has 1 fully saturated rings. The van der Waals surface area contributed by atoms with Gasteiger partial charge in [0, 0.05) is 37.8 Å². The predicted octanol–water partition coefficient (Wildman–Crippen LogP) is 2.23. The van der Waals surface area contributed by atoms with Crippen LogP contribution >= 0.6 is 0 Å². The number of pyridine rings is 1. The Bertz CT molecular complexity index is 880. The van der Waals surface area contributed by atoms with Crippen LogP contribution in [-0.2, 0) is 0 Å². The van der Waals surface area contributed by atoms with Gasteiger partial charge in [0.05, 0.1) is 17.3 Å². The number of hydrogen-bond donors (Lipinski definition) is 1. The van der Waals surface area contributed by atoms with Gasteiger partial charge in [-0.15, -0.1) is 0 Å². The lowest BCUT2D eigenvalue weighted by Gasteiger charge is -2.35. The number of aromatic amines is 1. The number of nitrogens with one attached hydrogen (secondary N) is 1. The summed E-state index contributed by atoms with van der Waals surface area (Å²) in [6, 6.07) is 9.77. The molecule has 6 heteroatoms. The van der Waals surface area contributed by atoms with Crippen LogP contribution in [0.3, 0.4) is 0 Å². The average Bonchev–Trinajstić information content (AvgIpc) is 3.10.